The van der Waals surface area contributed by atoms with Gasteiger partial charge in [0.1, 0.15) is 5.82 Å². The van der Waals surface area contributed by atoms with Gasteiger partial charge in [0.2, 0.25) is 5.91 Å². The van der Waals surface area contributed by atoms with Crippen molar-refractivity contribution in [3.05, 3.63) is 48.0 Å². The Morgan fingerprint density at radius 2 is 1.96 bits per heavy atom. The van der Waals surface area contributed by atoms with Gasteiger partial charge < -0.3 is 15.2 Å². The predicted octanol–water partition coefficient (Wildman–Crippen LogP) is 1.37. The van der Waals surface area contributed by atoms with E-state index in [4.69, 9.17) is 0 Å². The van der Waals surface area contributed by atoms with Crippen LogP contribution in [-0.2, 0) is 11.8 Å². The summed E-state index contributed by atoms with van der Waals surface area (Å²) < 4.78 is 2.08. The smallest absolute Gasteiger partial charge is 0.221 e. The SMILES string of the molecule is CC(=O)Nc1ccc(C(c2nccn2C)N2CCNCC2)cc1. The van der Waals surface area contributed by atoms with E-state index >= 15 is 0 Å². The molecule has 0 spiro atoms. The first-order valence-electron chi connectivity index (χ1n) is 7.94. The fourth-order valence-electron chi connectivity index (χ4n) is 3.06. The molecule has 1 unspecified atom stereocenters. The molecule has 1 saturated heterocycles. The van der Waals surface area contributed by atoms with Crippen LogP contribution in [-0.4, -0.2) is 46.5 Å². The lowest BCUT2D eigenvalue weighted by molar-refractivity contribution is -0.114. The van der Waals surface area contributed by atoms with E-state index in [1.807, 2.05) is 31.6 Å². The Kier molecular flexibility index (Phi) is 4.73. The van der Waals surface area contributed by atoms with Crippen LogP contribution in [0, 0.1) is 0 Å². The minimum atomic E-state index is -0.0551. The molecule has 2 heterocycles. The van der Waals surface area contributed by atoms with Crippen molar-refractivity contribution in [2.45, 2.75) is 13.0 Å². The lowest BCUT2D eigenvalue weighted by atomic mass is 10.0. The summed E-state index contributed by atoms with van der Waals surface area (Å²) in [5.74, 6) is 0.986. The number of rotatable bonds is 4. The van der Waals surface area contributed by atoms with Crippen molar-refractivity contribution < 1.29 is 4.79 Å². The molecule has 2 aromatic rings. The molecule has 1 aromatic carbocycles. The summed E-state index contributed by atoms with van der Waals surface area (Å²) in [6, 6.07) is 8.19. The van der Waals surface area contributed by atoms with E-state index < -0.39 is 0 Å². The lowest BCUT2D eigenvalue weighted by Crippen LogP contribution is -2.46. The van der Waals surface area contributed by atoms with Crippen molar-refractivity contribution in [1.82, 2.24) is 19.8 Å². The molecule has 2 N–H and O–H groups in total. The van der Waals surface area contributed by atoms with Gasteiger partial charge in [-0.15, -0.1) is 0 Å². The van der Waals surface area contributed by atoms with Crippen molar-refractivity contribution in [2.24, 2.45) is 7.05 Å². The molecule has 0 bridgehead atoms. The molecular weight excluding hydrogens is 290 g/mol. The number of nitrogens with zero attached hydrogens (tertiary/aromatic N) is 3. The summed E-state index contributed by atoms with van der Waals surface area (Å²) in [6.07, 6.45) is 3.83. The number of imidazole rings is 1. The quantitative estimate of drug-likeness (QED) is 0.895. The number of carbonyl (C=O) groups is 1. The van der Waals surface area contributed by atoms with E-state index in [2.05, 4.69) is 37.2 Å². The molecule has 0 saturated carbocycles. The minimum absolute atomic E-state index is 0.0551. The largest absolute Gasteiger partial charge is 0.336 e. The Bertz CT molecular complexity index is 658. The second-order valence-corrected chi connectivity index (χ2v) is 5.89. The van der Waals surface area contributed by atoms with Gasteiger partial charge in [0.25, 0.3) is 0 Å². The van der Waals surface area contributed by atoms with E-state index in [1.54, 1.807) is 0 Å². The summed E-state index contributed by atoms with van der Waals surface area (Å²) in [7, 11) is 2.03. The van der Waals surface area contributed by atoms with Crippen LogP contribution in [0.2, 0.25) is 0 Å². The molecule has 6 heteroatoms. The highest BCUT2D eigenvalue weighted by molar-refractivity contribution is 5.88. The molecule has 0 radical (unpaired) electrons. The number of amides is 1. The van der Waals surface area contributed by atoms with E-state index in [1.165, 1.54) is 12.5 Å². The molecule has 1 fully saturated rings. The van der Waals surface area contributed by atoms with Crippen LogP contribution < -0.4 is 10.6 Å². The first-order chi connectivity index (χ1) is 11.1. The van der Waals surface area contributed by atoms with Crippen molar-refractivity contribution >= 4 is 11.6 Å². The molecule has 1 aromatic heterocycles. The van der Waals surface area contributed by atoms with Gasteiger partial charge in [-0.05, 0) is 17.7 Å². The fourth-order valence-corrected chi connectivity index (χ4v) is 3.06. The predicted molar refractivity (Wildman–Crippen MR) is 90.2 cm³/mol. The number of carbonyl (C=O) groups excluding carboxylic acids is 1. The maximum Gasteiger partial charge on any atom is 0.221 e. The van der Waals surface area contributed by atoms with Crippen molar-refractivity contribution in [3.63, 3.8) is 0 Å². The highest BCUT2D eigenvalue weighted by atomic mass is 16.1. The minimum Gasteiger partial charge on any atom is -0.336 e. The average molecular weight is 313 g/mol. The van der Waals surface area contributed by atoms with Gasteiger partial charge in [-0.1, -0.05) is 12.1 Å². The van der Waals surface area contributed by atoms with Gasteiger partial charge in [-0.25, -0.2) is 4.98 Å². The molecule has 122 valence electrons. The van der Waals surface area contributed by atoms with Crippen LogP contribution in [0.3, 0.4) is 0 Å². The van der Waals surface area contributed by atoms with Gasteiger partial charge in [0.05, 0.1) is 6.04 Å². The van der Waals surface area contributed by atoms with E-state index in [9.17, 15) is 4.79 Å². The number of piperazine rings is 1. The highest BCUT2D eigenvalue weighted by Gasteiger charge is 2.26. The molecule has 0 aliphatic carbocycles. The third-order valence-electron chi connectivity index (χ3n) is 4.17. The fraction of sp³-hybridized carbons (Fsp3) is 0.412. The summed E-state index contributed by atoms with van der Waals surface area (Å²) in [5.41, 5.74) is 2.01. The summed E-state index contributed by atoms with van der Waals surface area (Å²) in [6.45, 7) is 5.48. The topological polar surface area (TPSA) is 62.2 Å². The molecule has 1 atom stereocenters. The standard InChI is InChI=1S/C17H23N5O/c1-13(23)20-15-5-3-14(4-6-15)16(17-19-9-10-21(17)2)22-11-7-18-8-12-22/h3-6,9-10,16,18H,7-8,11-12H2,1-2H3,(H,20,23). The van der Waals surface area contributed by atoms with Gasteiger partial charge in [-0.3, -0.25) is 9.69 Å². The first kappa shape index (κ1) is 15.7. The molecule has 1 amide bonds. The van der Waals surface area contributed by atoms with Crippen LogP contribution in [0.25, 0.3) is 0 Å². The maximum absolute atomic E-state index is 11.2. The maximum atomic E-state index is 11.2. The van der Waals surface area contributed by atoms with E-state index in [0.717, 1.165) is 37.7 Å². The zero-order valence-electron chi connectivity index (χ0n) is 13.6. The second kappa shape index (κ2) is 6.93. The number of hydrogen-bond donors (Lipinski definition) is 2. The Hall–Kier alpha value is -2.18. The highest BCUT2D eigenvalue weighted by Crippen LogP contribution is 2.28. The van der Waals surface area contributed by atoms with Gasteiger partial charge >= 0.3 is 0 Å². The zero-order valence-corrected chi connectivity index (χ0v) is 13.6. The molecule has 1 aliphatic heterocycles. The Balaban J connectivity index is 1.91. The lowest BCUT2D eigenvalue weighted by Gasteiger charge is -2.34. The summed E-state index contributed by atoms with van der Waals surface area (Å²) in [5, 5.41) is 6.21. The number of aryl methyl sites for hydroxylation is 1. The van der Waals surface area contributed by atoms with Crippen molar-refractivity contribution in [1.29, 1.82) is 0 Å². The van der Waals surface area contributed by atoms with E-state index in [-0.39, 0.29) is 11.9 Å². The molecule has 1 aliphatic rings. The number of aromatic nitrogens is 2. The summed E-state index contributed by atoms with van der Waals surface area (Å²) >= 11 is 0. The van der Waals surface area contributed by atoms with Crippen molar-refractivity contribution in [3.8, 4) is 0 Å². The number of hydrogen-bond acceptors (Lipinski definition) is 4. The Morgan fingerprint density at radius 1 is 1.26 bits per heavy atom. The molecule has 23 heavy (non-hydrogen) atoms. The van der Waals surface area contributed by atoms with Crippen LogP contribution in [0.1, 0.15) is 24.4 Å². The van der Waals surface area contributed by atoms with Crippen LogP contribution >= 0.6 is 0 Å². The normalized spacial score (nSPS) is 17.0. The third kappa shape index (κ3) is 3.60. The number of nitrogens with one attached hydrogen (secondary N) is 2. The van der Waals surface area contributed by atoms with Gasteiger partial charge in [0, 0.05) is 58.2 Å². The number of benzene rings is 1. The Labute approximate surface area is 136 Å². The van der Waals surface area contributed by atoms with Gasteiger partial charge in [-0.2, -0.15) is 0 Å². The van der Waals surface area contributed by atoms with Gasteiger partial charge in [0.15, 0.2) is 0 Å². The first-order valence-corrected chi connectivity index (χ1v) is 7.94. The van der Waals surface area contributed by atoms with Crippen LogP contribution in [0.4, 0.5) is 5.69 Å². The number of anilines is 1. The van der Waals surface area contributed by atoms with Crippen LogP contribution in [0.5, 0.6) is 0 Å². The molecular formula is C17H23N5O. The second-order valence-electron chi connectivity index (χ2n) is 5.89. The monoisotopic (exact) mass is 313 g/mol. The van der Waals surface area contributed by atoms with Crippen LogP contribution in [0.15, 0.2) is 36.7 Å². The average Bonchev–Trinajstić information content (AvgIpc) is 2.96. The summed E-state index contributed by atoms with van der Waals surface area (Å²) in [4.78, 5) is 18.2. The van der Waals surface area contributed by atoms with E-state index in [0.29, 0.717) is 0 Å². The third-order valence-corrected chi connectivity index (χ3v) is 4.17. The zero-order chi connectivity index (χ0) is 16.2. The molecule has 3 rings (SSSR count). The van der Waals surface area contributed by atoms with Crippen molar-refractivity contribution in [2.75, 3.05) is 31.5 Å². The Morgan fingerprint density at radius 3 is 2.52 bits per heavy atom. The molecule has 6 nitrogen and oxygen atoms in total.